The minimum atomic E-state index is -0.417. The molecule has 5 nitrogen and oxygen atoms in total. The first-order valence-corrected chi connectivity index (χ1v) is 9.54. The van der Waals surface area contributed by atoms with Crippen molar-refractivity contribution in [2.24, 2.45) is 0 Å². The molecule has 0 saturated carbocycles. The van der Waals surface area contributed by atoms with Crippen molar-refractivity contribution in [3.8, 4) is 0 Å². The average molecular weight is 402 g/mol. The van der Waals surface area contributed by atoms with E-state index >= 15 is 0 Å². The summed E-state index contributed by atoms with van der Waals surface area (Å²) in [6, 6.07) is 19.3. The lowest BCUT2D eigenvalue weighted by Crippen LogP contribution is -2.29. The van der Waals surface area contributed by atoms with Gasteiger partial charge < -0.3 is 5.32 Å². The van der Waals surface area contributed by atoms with Gasteiger partial charge in [-0.25, -0.2) is 4.39 Å². The number of benzene rings is 3. The summed E-state index contributed by atoms with van der Waals surface area (Å²) >= 11 is 0. The number of fused-ring (bicyclic) bond motifs is 1. The van der Waals surface area contributed by atoms with Crippen LogP contribution in [0.2, 0.25) is 0 Å². The molecule has 3 aromatic rings. The van der Waals surface area contributed by atoms with E-state index in [1.54, 1.807) is 19.1 Å². The van der Waals surface area contributed by atoms with E-state index in [0.717, 1.165) is 11.1 Å². The van der Waals surface area contributed by atoms with Crippen molar-refractivity contribution in [3.63, 3.8) is 0 Å². The second-order valence-corrected chi connectivity index (χ2v) is 7.19. The number of carbonyl (C=O) groups excluding carboxylic acids is 3. The number of hydrogen-bond donors (Lipinski definition) is 1. The van der Waals surface area contributed by atoms with Gasteiger partial charge in [-0.05, 0) is 48.4 Å². The molecule has 3 aromatic carbocycles. The number of halogens is 1. The Kier molecular flexibility index (Phi) is 5.14. The molecule has 1 aliphatic rings. The van der Waals surface area contributed by atoms with Crippen molar-refractivity contribution >= 4 is 17.7 Å². The highest BCUT2D eigenvalue weighted by Crippen LogP contribution is 2.26. The number of hydrogen-bond acceptors (Lipinski definition) is 3. The zero-order valence-corrected chi connectivity index (χ0v) is 16.3. The van der Waals surface area contributed by atoms with Crippen LogP contribution in [-0.4, -0.2) is 22.6 Å². The van der Waals surface area contributed by atoms with E-state index < -0.39 is 5.91 Å². The van der Waals surface area contributed by atoms with Crippen LogP contribution in [0.1, 0.15) is 55.2 Å². The van der Waals surface area contributed by atoms with Gasteiger partial charge >= 0.3 is 0 Å². The van der Waals surface area contributed by atoms with Gasteiger partial charge in [0.25, 0.3) is 17.7 Å². The van der Waals surface area contributed by atoms with Crippen LogP contribution in [0, 0.1) is 5.82 Å². The Morgan fingerprint density at radius 3 is 2.30 bits per heavy atom. The van der Waals surface area contributed by atoms with Crippen molar-refractivity contribution in [1.82, 2.24) is 10.2 Å². The fourth-order valence-corrected chi connectivity index (χ4v) is 3.46. The van der Waals surface area contributed by atoms with Crippen LogP contribution in [-0.2, 0) is 6.54 Å². The second kappa shape index (κ2) is 7.91. The maximum atomic E-state index is 13.1. The van der Waals surface area contributed by atoms with Crippen LogP contribution in [0.4, 0.5) is 4.39 Å². The topological polar surface area (TPSA) is 66.5 Å². The molecule has 30 heavy (non-hydrogen) atoms. The lowest BCUT2D eigenvalue weighted by molar-refractivity contribution is 0.0642. The standard InChI is InChI=1S/C24H19FN2O3/c1-15(17-7-10-19(25)11-8-17)26-22(28)18-9-12-20-21(13-18)24(30)27(23(20)29)14-16-5-3-2-4-6-16/h2-13,15H,14H2,1H3,(H,26,28)/t15-/m1/s1. The zero-order valence-electron chi connectivity index (χ0n) is 16.3. The van der Waals surface area contributed by atoms with Crippen molar-refractivity contribution < 1.29 is 18.8 Å². The van der Waals surface area contributed by atoms with Gasteiger partial charge in [-0.15, -0.1) is 0 Å². The molecule has 0 unspecified atom stereocenters. The minimum Gasteiger partial charge on any atom is -0.346 e. The Morgan fingerprint density at radius 2 is 1.60 bits per heavy atom. The summed E-state index contributed by atoms with van der Waals surface area (Å²) in [5.41, 5.74) is 2.40. The van der Waals surface area contributed by atoms with E-state index in [0.29, 0.717) is 5.56 Å². The van der Waals surface area contributed by atoms with Crippen molar-refractivity contribution in [3.05, 3.63) is 106 Å². The van der Waals surface area contributed by atoms with Gasteiger partial charge in [0.2, 0.25) is 0 Å². The maximum Gasteiger partial charge on any atom is 0.261 e. The molecule has 4 rings (SSSR count). The van der Waals surface area contributed by atoms with E-state index in [1.807, 2.05) is 30.3 Å². The van der Waals surface area contributed by atoms with E-state index in [2.05, 4.69) is 5.32 Å². The molecule has 6 heteroatoms. The molecule has 0 spiro atoms. The summed E-state index contributed by atoms with van der Waals surface area (Å²) in [4.78, 5) is 39.3. The molecule has 150 valence electrons. The van der Waals surface area contributed by atoms with Crippen molar-refractivity contribution in [2.45, 2.75) is 19.5 Å². The van der Waals surface area contributed by atoms with Crippen LogP contribution in [0.25, 0.3) is 0 Å². The molecule has 1 atom stereocenters. The van der Waals surface area contributed by atoms with Gasteiger partial charge in [0.15, 0.2) is 0 Å². The number of imide groups is 1. The van der Waals surface area contributed by atoms with Gasteiger partial charge in [0, 0.05) is 5.56 Å². The molecule has 0 bridgehead atoms. The van der Waals surface area contributed by atoms with Crippen LogP contribution in [0.3, 0.4) is 0 Å². The molecule has 0 radical (unpaired) electrons. The highest BCUT2D eigenvalue weighted by Gasteiger charge is 2.36. The first kappa shape index (κ1) is 19.5. The summed E-state index contributed by atoms with van der Waals surface area (Å²) in [5.74, 6) is -1.51. The third-order valence-electron chi connectivity index (χ3n) is 5.13. The normalized spacial score (nSPS) is 13.9. The summed E-state index contributed by atoms with van der Waals surface area (Å²) in [5, 5.41) is 2.83. The number of amides is 3. The largest absolute Gasteiger partial charge is 0.346 e. The molecular formula is C24H19FN2O3. The Bertz CT molecular complexity index is 1130. The fourth-order valence-electron chi connectivity index (χ4n) is 3.46. The maximum absolute atomic E-state index is 13.1. The Morgan fingerprint density at radius 1 is 0.933 bits per heavy atom. The zero-order chi connectivity index (χ0) is 21.3. The van der Waals surface area contributed by atoms with Gasteiger partial charge in [0.05, 0.1) is 23.7 Å². The lowest BCUT2D eigenvalue weighted by atomic mass is 10.0. The second-order valence-electron chi connectivity index (χ2n) is 7.19. The van der Waals surface area contributed by atoms with Crippen molar-refractivity contribution in [2.75, 3.05) is 0 Å². The van der Waals surface area contributed by atoms with E-state index in [9.17, 15) is 18.8 Å². The van der Waals surface area contributed by atoms with Gasteiger partial charge in [-0.1, -0.05) is 42.5 Å². The highest BCUT2D eigenvalue weighted by atomic mass is 19.1. The molecular weight excluding hydrogens is 383 g/mol. The Balaban J connectivity index is 1.52. The third-order valence-corrected chi connectivity index (χ3v) is 5.13. The minimum absolute atomic E-state index is 0.177. The van der Waals surface area contributed by atoms with Gasteiger partial charge in [-0.2, -0.15) is 0 Å². The number of carbonyl (C=O) groups is 3. The van der Waals surface area contributed by atoms with Crippen LogP contribution >= 0.6 is 0 Å². The molecule has 0 saturated heterocycles. The van der Waals surface area contributed by atoms with Crippen LogP contribution < -0.4 is 5.32 Å². The summed E-state index contributed by atoms with van der Waals surface area (Å²) in [7, 11) is 0. The lowest BCUT2D eigenvalue weighted by Gasteiger charge is -2.14. The Hall–Kier alpha value is -3.80. The summed E-state index contributed by atoms with van der Waals surface area (Å²) in [6.45, 7) is 1.96. The number of rotatable bonds is 5. The van der Waals surface area contributed by atoms with Crippen molar-refractivity contribution in [1.29, 1.82) is 0 Å². The van der Waals surface area contributed by atoms with E-state index in [1.165, 1.54) is 35.2 Å². The molecule has 0 aliphatic carbocycles. The summed E-state index contributed by atoms with van der Waals surface area (Å²) < 4.78 is 13.1. The third kappa shape index (κ3) is 3.72. The Labute approximate surface area is 173 Å². The van der Waals surface area contributed by atoms with Crippen LogP contribution in [0.5, 0.6) is 0 Å². The number of nitrogens with one attached hydrogen (secondary N) is 1. The SMILES string of the molecule is C[C@@H](NC(=O)c1ccc2c(c1)C(=O)N(Cc1ccccc1)C2=O)c1ccc(F)cc1. The smallest absolute Gasteiger partial charge is 0.261 e. The average Bonchev–Trinajstić information content (AvgIpc) is 2.99. The van der Waals surface area contributed by atoms with Gasteiger partial charge in [0.1, 0.15) is 5.82 Å². The number of nitrogens with zero attached hydrogens (tertiary/aromatic N) is 1. The molecule has 3 amide bonds. The quantitative estimate of drug-likeness (QED) is 0.653. The monoisotopic (exact) mass is 402 g/mol. The first-order chi connectivity index (χ1) is 14.4. The molecule has 1 N–H and O–H groups in total. The predicted molar refractivity (Wildman–Crippen MR) is 109 cm³/mol. The molecule has 0 fully saturated rings. The highest BCUT2D eigenvalue weighted by molar-refractivity contribution is 6.22. The summed E-state index contributed by atoms with van der Waals surface area (Å²) in [6.07, 6.45) is 0. The first-order valence-electron chi connectivity index (χ1n) is 9.54. The molecule has 1 heterocycles. The predicted octanol–water partition coefficient (Wildman–Crippen LogP) is 4.11. The van der Waals surface area contributed by atoms with E-state index in [4.69, 9.17) is 0 Å². The van der Waals surface area contributed by atoms with E-state index in [-0.39, 0.29) is 41.3 Å². The fraction of sp³-hybridized carbons (Fsp3) is 0.125. The van der Waals surface area contributed by atoms with Crippen LogP contribution in [0.15, 0.2) is 72.8 Å². The molecule has 1 aliphatic heterocycles. The molecule has 0 aromatic heterocycles. The van der Waals surface area contributed by atoms with Gasteiger partial charge in [-0.3, -0.25) is 19.3 Å².